The van der Waals surface area contributed by atoms with Gasteiger partial charge in [0, 0.05) is 12.1 Å². The van der Waals surface area contributed by atoms with Gasteiger partial charge >= 0.3 is 0 Å². The first-order chi connectivity index (χ1) is 5.54. The van der Waals surface area contributed by atoms with Crippen LogP contribution >= 0.6 is 0 Å². The molecule has 0 fully saturated rings. The molecule has 0 aromatic heterocycles. The summed E-state index contributed by atoms with van der Waals surface area (Å²) >= 11 is 4.67. The largest absolute Gasteiger partial charge is 0.719 e. The third kappa shape index (κ3) is 2.97. The molecule has 0 spiro atoms. The molecule has 0 saturated carbocycles. The van der Waals surface area contributed by atoms with E-state index in [0.717, 1.165) is 12.8 Å². The molecule has 0 bridgehead atoms. The number of hydrogen-bond donors (Lipinski definition) is 0. The van der Waals surface area contributed by atoms with E-state index in [1.54, 1.807) is 4.90 Å². The summed E-state index contributed by atoms with van der Waals surface area (Å²) in [6.45, 7) is 8.21. The van der Waals surface area contributed by atoms with Gasteiger partial charge in [-0.2, -0.15) is 0 Å². The van der Waals surface area contributed by atoms with Crippen LogP contribution in [0.4, 0.5) is 4.79 Å². The Balaban J connectivity index is 4.32. The summed E-state index contributed by atoms with van der Waals surface area (Å²) in [5, 5.41) is -0.223. The summed E-state index contributed by atoms with van der Waals surface area (Å²) in [6, 6.07) is 0.537. The van der Waals surface area contributed by atoms with Crippen molar-refractivity contribution in [2.75, 3.05) is 0 Å². The number of carbonyl (C=O) groups excluding carboxylic acids is 1. The molecule has 0 aromatic carbocycles. The van der Waals surface area contributed by atoms with Crippen molar-refractivity contribution in [3.05, 3.63) is 0 Å². The van der Waals surface area contributed by atoms with Gasteiger partial charge in [-0.1, -0.05) is 13.8 Å². The van der Waals surface area contributed by atoms with Crippen molar-refractivity contribution in [1.82, 2.24) is 4.90 Å². The highest BCUT2D eigenvalue weighted by atomic mass is 32.1. The standard InChI is InChI=1S/C9H19NOS/c1-5-7(3)10(9(11)12)8(4)6-2/h7-8H,5-6H2,1-4H3,(H,11,12)/p-1. The molecule has 2 unspecified atom stereocenters. The van der Waals surface area contributed by atoms with Crippen LogP contribution in [0.1, 0.15) is 40.5 Å². The Morgan fingerprint density at radius 2 is 1.58 bits per heavy atom. The molecule has 2 atom stereocenters. The minimum Gasteiger partial charge on any atom is -0.719 e. The van der Waals surface area contributed by atoms with Crippen LogP contribution in [0.25, 0.3) is 0 Å². The zero-order valence-electron chi connectivity index (χ0n) is 8.33. The van der Waals surface area contributed by atoms with Gasteiger partial charge in [-0.05, 0) is 26.7 Å². The lowest BCUT2D eigenvalue weighted by atomic mass is 10.1. The fourth-order valence-electron chi connectivity index (χ4n) is 1.19. The minimum absolute atomic E-state index is 0.223. The Kier molecular flexibility index (Phi) is 5.22. The lowest BCUT2D eigenvalue weighted by Gasteiger charge is -2.37. The maximum atomic E-state index is 11.1. The first-order valence-electron chi connectivity index (χ1n) is 4.53. The van der Waals surface area contributed by atoms with Crippen LogP contribution in [-0.4, -0.2) is 22.2 Å². The molecule has 0 N–H and O–H groups in total. The smallest absolute Gasteiger partial charge is 0.101 e. The molecule has 72 valence electrons. The quantitative estimate of drug-likeness (QED) is 0.632. The SMILES string of the molecule is CCC(C)N(C(=O)[S-])C(C)CC. The molecule has 0 radical (unpaired) electrons. The summed E-state index contributed by atoms with van der Waals surface area (Å²) in [7, 11) is 0. The second kappa shape index (κ2) is 5.36. The first-order valence-corrected chi connectivity index (χ1v) is 4.94. The second-order valence-electron chi connectivity index (χ2n) is 3.19. The molecule has 0 saturated heterocycles. The zero-order chi connectivity index (χ0) is 9.72. The van der Waals surface area contributed by atoms with E-state index in [0.29, 0.717) is 0 Å². The third-order valence-corrected chi connectivity index (χ3v) is 2.55. The molecular weight excluding hydrogens is 170 g/mol. The molecule has 0 aliphatic carbocycles. The predicted molar refractivity (Wildman–Crippen MR) is 54.1 cm³/mol. The van der Waals surface area contributed by atoms with Crippen LogP contribution in [0.3, 0.4) is 0 Å². The van der Waals surface area contributed by atoms with E-state index in [1.165, 1.54) is 0 Å². The first kappa shape index (κ1) is 11.7. The fourth-order valence-corrected chi connectivity index (χ4v) is 1.55. The third-order valence-electron chi connectivity index (χ3n) is 2.34. The van der Waals surface area contributed by atoms with Crippen molar-refractivity contribution in [1.29, 1.82) is 0 Å². The Labute approximate surface area is 80.7 Å². The maximum Gasteiger partial charge on any atom is 0.101 e. The molecular formula is C9H18NOS-. The van der Waals surface area contributed by atoms with Gasteiger partial charge in [0.25, 0.3) is 0 Å². The molecule has 12 heavy (non-hydrogen) atoms. The van der Waals surface area contributed by atoms with E-state index in [1.807, 2.05) is 13.8 Å². The fraction of sp³-hybridized carbons (Fsp3) is 0.889. The molecule has 3 heteroatoms. The van der Waals surface area contributed by atoms with Crippen molar-refractivity contribution < 1.29 is 4.79 Å². The Hall–Kier alpha value is -0.310. The summed E-state index contributed by atoms with van der Waals surface area (Å²) in [6.07, 6.45) is 1.93. The van der Waals surface area contributed by atoms with Crippen molar-refractivity contribution in [2.24, 2.45) is 0 Å². The van der Waals surface area contributed by atoms with Crippen LogP contribution in [-0.2, 0) is 12.6 Å². The predicted octanol–water partition coefficient (Wildman–Crippen LogP) is 2.55. The molecule has 0 heterocycles. The van der Waals surface area contributed by atoms with Crippen LogP contribution in [0, 0.1) is 0 Å². The summed E-state index contributed by atoms with van der Waals surface area (Å²) in [5.74, 6) is 0. The number of rotatable bonds is 4. The Morgan fingerprint density at radius 3 is 1.75 bits per heavy atom. The summed E-state index contributed by atoms with van der Waals surface area (Å²) < 4.78 is 0. The maximum absolute atomic E-state index is 11.1. The average Bonchev–Trinajstić information content (AvgIpc) is 2.03. The highest BCUT2D eigenvalue weighted by Gasteiger charge is 2.16. The lowest BCUT2D eigenvalue weighted by Crippen LogP contribution is -2.42. The summed E-state index contributed by atoms with van der Waals surface area (Å²) in [4.78, 5) is 12.9. The number of carbonyl (C=O) groups is 1. The van der Waals surface area contributed by atoms with E-state index in [-0.39, 0.29) is 17.3 Å². The van der Waals surface area contributed by atoms with Gasteiger partial charge in [0.2, 0.25) is 0 Å². The average molecular weight is 188 g/mol. The Bertz CT molecular complexity index is 139. The zero-order valence-corrected chi connectivity index (χ0v) is 9.15. The molecule has 2 nitrogen and oxygen atoms in total. The van der Waals surface area contributed by atoms with Gasteiger partial charge < -0.3 is 22.3 Å². The van der Waals surface area contributed by atoms with Crippen molar-refractivity contribution >= 4 is 17.9 Å². The van der Waals surface area contributed by atoms with Crippen molar-refractivity contribution in [3.63, 3.8) is 0 Å². The normalized spacial score (nSPS) is 15.3. The summed E-state index contributed by atoms with van der Waals surface area (Å²) in [5.41, 5.74) is 0. The minimum atomic E-state index is -0.223. The van der Waals surface area contributed by atoms with Crippen molar-refractivity contribution in [2.45, 2.75) is 52.6 Å². The number of hydrogen-bond acceptors (Lipinski definition) is 2. The highest BCUT2D eigenvalue weighted by Crippen LogP contribution is 2.11. The van der Waals surface area contributed by atoms with E-state index in [9.17, 15) is 4.79 Å². The highest BCUT2D eigenvalue weighted by molar-refractivity contribution is 7.76. The van der Waals surface area contributed by atoms with Crippen LogP contribution in [0.5, 0.6) is 0 Å². The molecule has 1 amide bonds. The van der Waals surface area contributed by atoms with Crippen molar-refractivity contribution in [3.8, 4) is 0 Å². The lowest BCUT2D eigenvalue weighted by molar-refractivity contribution is 0.174. The van der Waals surface area contributed by atoms with Gasteiger partial charge in [0.05, 0.1) is 0 Å². The number of nitrogens with zero attached hydrogens (tertiary/aromatic N) is 1. The van der Waals surface area contributed by atoms with Gasteiger partial charge in [-0.25, -0.2) is 0 Å². The monoisotopic (exact) mass is 188 g/mol. The second-order valence-corrected chi connectivity index (χ2v) is 3.54. The molecule has 0 aliphatic rings. The van der Waals surface area contributed by atoms with Gasteiger partial charge in [0.15, 0.2) is 0 Å². The van der Waals surface area contributed by atoms with E-state index < -0.39 is 0 Å². The number of amides is 1. The van der Waals surface area contributed by atoms with Crippen LogP contribution in [0.2, 0.25) is 0 Å². The molecule has 0 aromatic rings. The van der Waals surface area contributed by atoms with Crippen LogP contribution < -0.4 is 0 Å². The molecule has 0 rings (SSSR count). The van der Waals surface area contributed by atoms with Gasteiger partial charge in [0.1, 0.15) is 5.24 Å². The van der Waals surface area contributed by atoms with E-state index >= 15 is 0 Å². The molecule has 0 aliphatic heterocycles. The van der Waals surface area contributed by atoms with E-state index in [4.69, 9.17) is 0 Å². The van der Waals surface area contributed by atoms with Gasteiger partial charge in [-0.15, -0.1) is 0 Å². The Morgan fingerprint density at radius 1 is 1.25 bits per heavy atom. The van der Waals surface area contributed by atoms with Crippen LogP contribution in [0.15, 0.2) is 0 Å². The topological polar surface area (TPSA) is 20.3 Å². The van der Waals surface area contributed by atoms with Gasteiger partial charge in [-0.3, -0.25) is 0 Å². The van der Waals surface area contributed by atoms with E-state index in [2.05, 4.69) is 26.5 Å².